The Morgan fingerprint density at radius 2 is 1.92 bits per heavy atom. The normalized spacial score (nSPS) is 13.1. The molecule has 0 saturated carbocycles. The highest BCUT2D eigenvalue weighted by molar-refractivity contribution is 6.24. The van der Waals surface area contributed by atoms with Crippen molar-refractivity contribution >= 4 is 35.6 Å². The minimum atomic E-state index is -0.0791. The highest BCUT2D eigenvalue weighted by atomic mass is 35.5. The fraction of sp³-hybridized carbons (Fsp3) is 0.222. The second-order valence-electron chi connectivity index (χ2n) is 5.15. The number of methoxy groups -OCH3 is 1. The summed E-state index contributed by atoms with van der Waals surface area (Å²) in [5, 5.41) is 3.18. The SMILES string of the molecule is CCOc1ccc(N2C(=O)CN=C2Nc2cccc(OC)c2)cc1.Cl. The first-order valence-corrected chi connectivity index (χ1v) is 7.72. The quantitative estimate of drug-likeness (QED) is 0.887. The van der Waals surface area contributed by atoms with Gasteiger partial charge in [-0.2, -0.15) is 0 Å². The number of benzene rings is 2. The van der Waals surface area contributed by atoms with E-state index in [1.807, 2.05) is 55.5 Å². The van der Waals surface area contributed by atoms with Crippen LogP contribution in [0.1, 0.15) is 6.92 Å². The molecular weight excluding hydrogens is 342 g/mol. The third kappa shape index (κ3) is 4.22. The van der Waals surface area contributed by atoms with E-state index in [0.717, 1.165) is 22.9 Å². The summed E-state index contributed by atoms with van der Waals surface area (Å²) in [6, 6.07) is 14.8. The van der Waals surface area contributed by atoms with Gasteiger partial charge in [-0.25, -0.2) is 9.89 Å². The minimum Gasteiger partial charge on any atom is -0.497 e. The van der Waals surface area contributed by atoms with Gasteiger partial charge in [0.25, 0.3) is 5.91 Å². The molecule has 0 fully saturated rings. The van der Waals surface area contributed by atoms with E-state index in [9.17, 15) is 4.79 Å². The standard InChI is InChI=1S/C18H19N3O3.ClH/c1-3-24-15-9-7-14(8-10-15)21-17(22)12-19-18(21)20-13-5-4-6-16(11-13)23-2;/h4-11H,3,12H2,1-2H3,(H,19,20);1H. The summed E-state index contributed by atoms with van der Waals surface area (Å²) < 4.78 is 10.6. The van der Waals surface area contributed by atoms with Gasteiger partial charge in [0, 0.05) is 11.8 Å². The van der Waals surface area contributed by atoms with Crippen molar-refractivity contribution in [1.82, 2.24) is 0 Å². The average molecular weight is 362 g/mol. The predicted molar refractivity (Wildman–Crippen MR) is 101 cm³/mol. The van der Waals surface area contributed by atoms with Gasteiger partial charge >= 0.3 is 0 Å². The molecule has 0 radical (unpaired) electrons. The van der Waals surface area contributed by atoms with Crippen molar-refractivity contribution in [3.8, 4) is 11.5 Å². The highest BCUT2D eigenvalue weighted by Gasteiger charge is 2.27. The van der Waals surface area contributed by atoms with E-state index in [1.165, 1.54) is 0 Å². The molecule has 2 aromatic carbocycles. The molecule has 132 valence electrons. The third-order valence-corrected chi connectivity index (χ3v) is 3.56. The lowest BCUT2D eigenvalue weighted by Gasteiger charge is -2.20. The summed E-state index contributed by atoms with van der Waals surface area (Å²) in [4.78, 5) is 18.1. The van der Waals surface area contributed by atoms with Gasteiger partial charge in [-0.1, -0.05) is 6.07 Å². The maximum atomic E-state index is 12.2. The minimum absolute atomic E-state index is 0. The van der Waals surface area contributed by atoms with Crippen LogP contribution in [-0.4, -0.2) is 32.1 Å². The molecule has 1 N–H and O–H groups in total. The summed E-state index contributed by atoms with van der Waals surface area (Å²) in [6.07, 6.45) is 0. The van der Waals surface area contributed by atoms with Crippen LogP contribution in [0.15, 0.2) is 53.5 Å². The van der Waals surface area contributed by atoms with Crippen molar-refractivity contribution in [3.63, 3.8) is 0 Å². The van der Waals surface area contributed by atoms with Crippen molar-refractivity contribution in [2.45, 2.75) is 6.92 Å². The number of ether oxygens (including phenoxy) is 2. The smallest absolute Gasteiger partial charge is 0.255 e. The van der Waals surface area contributed by atoms with Crippen LogP contribution >= 0.6 is 12.4 Å². The molecule has 1 heterocycles. The lowest BCUT2D eigenvalue weighted by atomic mass is 10.2. The van der Waals surface area contributed by atoms with E-state index in [-0.39, 0.29) is 24.9 Å². The van der Waals surface area contributed by atoms with Gasteiger partial charge < -0.3 is 14.8 Å². The molecule has 25 heavy (non-hydrogen) atoms. The zero-order valence-electron chi connectivity index (χ0n) is 14.1. The number of carbonyl (C=O) groups excluding carboxylic acids is 1. The number of carbonyl (C=O) groups is 1. The fourth-order valence-corrected chi connectivity index (χ4v) is 2.45. The van der Waals surface area contributed by atoms with Crippen molar-refractivity contribution in [1.29, 1.82) is 0 Å². The van der Waals surface area contributed by atoms with Gasteiger partial charge in [-0.15, -0.1) is 12.4 Å². The number of halogens is 1. The Balaban J connectivity index is 0.00000225. The van der Waals surface area contributed by atoms with Gasteiger partial charge in [0.2, 0.25) is 5.96 Å². The third-order valence-electron chi connectivity index (χ3n) is 3.56. The predicted octanol–water partition coefficient (Wildman–Crippen LogP) is 3.33. The molecule has 3 rings (SSSR count). The summed E-state index contributed by atoms with van der Waals surface area (Å²) in [6.45, 7) is 2.66. The maximum Gasteiger partial charge on any atom is 0.255 e. The van der Waals surface area contributed by atoms with Crippen LogP contribution in [-0.2, 0) is 4.79 Å². The van der Waals surface area contributed by atoms with Crippen LogP contribution in [0.2, 0.25) is 0 Å². The fourth-order valence-electron chi connectivity index (χ4n) is 2.45. The second kappa shape index (κ2) is 8.39. The number of hydrogen-bond donors (Lipinski definition) is 1. The van der Waals surface area contributed by atoms with Crippen molar-refractivity contribution in [2.24, 2.45) is 4.99 Å². The summed E-state index contributed by atoms with van der Waals surface area (Å²) >= 11 is 0. The zero-order valence-corrected chi connectivity index (χ0v) is 14.9. The van der Waals surface area contributed by atoms with Gasteiger partial charge in [0.15, 0.2) is 0 Å². The van der Waals surface area contributed by atoms with E-state index < -0.39 is 0 Å². The summed E-state index contributed by atoms with van der Waals surface area (Å²) in [7, 11) is 1.61. The van der Waals surface area contributed by atoms with Crippen molar-refractivity contribution < 1.29 is 14.3 Å². The van der Waals surface area contributed by atoms with Gasteiger partial charge in [0.1, 0.15) is 18.0 Å². The molecule has 1 aliphatic rings. The molecule has 0 aromatic heterocycles. The molecule has 0 atom stereocenters. The number of aliphatic imine (C=N–C) groups is 1. The number of guanidine groups is 1. The molecular formula is C18H20ClN3O3. The number of nitrogens with zero attached hydrogens (tertiary/aromatic N) is 2. The molecule has 0 unspecified atom stereocenters. The highest BCUT2D eigenvalue weighted by Crippen LogP contribution is 2.24. The molecule has 7 heteroatoms. The molecule has 0 spiro atoms. The maximum absolute atomic E-state index is 12.2. The van der Waals surface area contributed by atoms with E-state index >= 15 is 0 Å². The molecule has 0 bridgehead atoms. The lowest BCUT2D eigenvalue weighted by molar-refractivity contribution is -0.115. The van der Waals surface area contributed by atoms with Crippen LogP contribution < -0.4 is 19.7 Å². The van der Waals surface area contributed by atoms with E-state index in [1.54, 1.807) is 12.0 Å². The van der Waals surface area contributed by atoms with Crippen LogP contribution in [0.3, 0.4) is 0 Å². The second-order valence-corrected chi connectivity index (χ2v) is 5.15. The van der Waals surface area contributed by atoms with Crippen LogP contribution in [0.4, 0.5) is 11.4 Å². The number of hydrogen-bond acceptors (Lipinski definition) is 5. The Hall–Kier alpha value is -2.73. The first-order chi connectivity index (χ1) is 11.7. The summed E-state index contributed by atoms with van der Waals surface area (Å²) in [5.74, 6) is 1.92. The lowest BCUT2D eigenvalue weighted by Crippen LogP contribution is -2.36. The van der Waals surface area contributed by atoms with E-state index in [0.29, 0.717) is 12.6 Å². The van der Waals surface area contributed by atoms with Gasteiger partial charge in [-0.3, -0.25) is 4.79 Å². The first-order valence-electron chi connectivity index (χ1n) is 7.72. The Morgan fingerprint density at radius 1 is 1.16 bits per heavy atom. The Bertz CT molecular complexity index is 762. The number of anilines is 2. The van der Waals surface area contributed by atoms with Crippen molar-refractivity contribution in [3.05, 3.63) is 48.5 Å². The summed E-state index contributed by atoms with van der Waals surface area (Å²) in [5.41, 5.74) is 1.55. The average Bonchev–Trinajstić information content (AvgIpc) is 2.96. The van der Waals surface area contributed by atoms with Gasteiger partial charge in [0.05, 0.1) is 19.4 Å². The Labute approximate surface area is 152 Å². The van der Waals surface area contributed by atoms with E-state index in [2.05, 4.69) is 10.3 Å². The molecule has 1 amide bonds. The first kappa shape index (κ1) is 18.6. The Morgan fingerprint density at radius 3 is 2.60 bits per heavy atom. The van der Waals surface area contributed by atoms with Crippen LogP contribution in [0, 0.1) is 0 Å². The topological polar surface area (TPSA) is 63.2 Å². The Kier molecular flexibility index (Phi) is 6.25. The number of nitrogens with one attached hydrogen (secondary N) is 1. The van der Waals surface area contributed by atoms with E-state index in [4.69, 9.17) is 9.47 Å². The van der Waals surface area contributed by atoms with Crippen LogP contribution in [0.5, 0.6) is 11.5 Å². The van der Waals surface area contributed by atoms with Crippen molar-refractivity contribution in [2.75, 3.05) is 30.5 Å². The van der Waals surface area contributed by atoms with Crippen LogP contribution in [0.25, 0.3) is 0 Å². The number of amides is 1. The molecule has 2 aromatic rings. The monoisotopic (exact) mass is 361 g/mol. The molecule has 0 saturated heterocycles. The number of rotatable bonds is 5. The molecule has 6 nitrogen and oxygen atoms in total. The molecule has 0 aliphatic carbocycles. The molecule has 1 aliphatic heterocycles. The zero-order chi connectivity index (χ0) is 16.9. The van der Waals surface area contributed by atoms with Gasteiger partial charge in [-0.05, 0) is 43.3 Å². The largest absolute Gasteiger partial charge is 0.497 e.